The van der Waals surface area contributed by atoms with Crippen molar-refractivity contribution < 1.29 is 18.8 Å². The molecule has 158 valence electrons. The minimum absolute atomic E-state index is 0.430. The van der Waals surface area contributed by atoms with E-state index in [9.17, 15) is 0 Å². The van der Waals surface area contributed by atoms with Gasteiger partial charge in [0.1, 0.15) is 29.3 Å². The third kappa shape index (κ3) is 3.48. The molecule has 9 heteroatoms. The van der Waals surface area contributed by atoms with E-state index in [2.05, 4.69) is 20.3 Å². The number of hydrogen-bond acceptors (Lipinski definition) is 7. The molecule has 30 heavy (non-hydrogen) atoms. The molecule has 0 unspecified atom stereocenters. The maximum Gasteiger partial charge on any atom is 0.497 e. The van der Waals surface area contributed by atoms with Gasteiger partial charge in [-0.3, -0.25) is 0 Å². The van der Waals surface area contributed by atoms with Gasteiger partial charge in [-0.2, -0.15) is 0 Å². The van der Waals surface area contributed by atoms with E-state index in [0.717, 1.165) is 33.6 Å². The highest BCUT2D eigenvalue weighted by atomic mass is 16.7. The number of hydrogen-bond donors (Lipinski definition) is 2. The molecule has 0 spiro atoms. The molecule has 1 aliphatic rings. The minimum atomic E-state index is -0.508. The van der Waals surface area contributed by atoms with Crippen LogP contribution in [0.1, 0.15) is 33.3 Å². The van der Waals surface area contributed by atoms with Crippen LogP contribution in [0, 0.1) is 0 Å². The average molecular weight is 410 g/mol. The summed E-state index contributed by atoms with van der Waals surface area (Å²) in [6.07, 6.45) is 3.40. The van der Waals surface area contributed by atoms with Gasteiger partial charge in [0.25, 0.3) is 0 Å². The van der Waals surface area contributed by atoms with Crippen LogP contribution in [0.5, 0.6) is 11.5 Å². The number of anilines is 1. The molecule has 0 atom stereocenters. The molecule has 0 saturated carbocycles. The number of benzene rings is 1. The monoisotopic (exact) mass is 410 g/mol. The predicted octanol–water partition coefficient (Wildman–Crippen LogP) is 2.89. The number of ether oxygens (including phenoxy) is 2. The number of rotatable bonds is 6. The molecule has 4 rings (SSSR count). The van der Waals surface area contributed by atoms with Gasteiger partial charge in [0.2, 0.25) is 0 Å². The molecule has 0 amide bonds. The normalized spacial score (nSPS) is 17.3. The fourth-order valence-corrected chi connectivity index (χ4v) is 3.45. The Bertz CT molecular complexity index is 1050. The topological polar surface area (TPSA) is 90.5 Å². The summed E-state index contributed by atoms with van der Waals surface area (Å²) in [5.74, 6) is 2.19. The second-order valence-corrected chi connectivity index (χ2v) is 8.31. The third-order valence-electron chi connectivity index (χ3n) is 5.95. The summed E-state index contributed by atoms with van der Waals surface area (Å²) in [5, 5.41) is 4.25. The van der Waals surface area contributed by atoms with Crippen molar-refractivity contribution in [2.45, 2.75) is 45.4 Å². The Balaban J connectivity index is 1.64. The maximum atomic E-state index is 6.24. The molecule has 2 N–H and O–H groups in total. The van der Waals surface area contributed by atoms with Crippen molar-refractivity contribution in [3.63, 3.8) is 0 Å². The van der Waals surface area contributed by atoms with Crippen LogP contribution in [0.2, 0.25) is 0 Å². The maximum absolute atomic E-state index is 6.24. The molecule has 2 aromatic heterocycles. The first-order chi connectivity index (χ1) is 14.3. The highest BCUT2D eigenvalue weighted by Gasteiger charge is 2.52. The number of fused-ring (bicyclic) bond motifs is 1. The van der Waals surface area contributed by atoms with Gasteiger partial charge in [-0.05, 0) is 39.8 Å². The molecule has 0 aliphatic carbocycles. The van der Waals surface area contributed by atoms with Crippen LogP contribution >= 0.6 is 0 Å². The summed E-state index contributed by atoms with van der Waals surface area (Å²) < 4.78 is 23.2. The zero-order valence-electron chi connectivity index (χ0n) is 18.2. The van der Waals surface area contributed by atoms with E-state index in [-0.39, 0.29) is 0 Å². The zero-order chi connectivity index (χ0) is 21.5. The first-order valence-electron chi connectivity index (χ1n) is 9.88. The number of aromatic nitrogens is 3. The molecule has 0 radical (unpaired) electrons. The van der Waals surface area contributed by atoms with Crippen molar-refractivity contribution in [1.82, 2.24) is 15.0 Å². The Kier molecular flexibility index (Phi) is 5.11. The summed E-state index contributed by atoms with van der Waals surface area (Å²) in [4.78, 5) is 12.0. The fourth-order valence-electron chi connectivity index (χ4n) is 3.45. The van der Waals surface area contributed by atoms with E-state index in [4.69, 9.17) is 18.8 Å². The van der Waals surface area contributed by atoms with Gasteiger partial charge in [0.05, 0.1) is 30.8 Å². The number of nitrogens with one attached hydrogen (secondary N) is 2. The SMILES string of the molecule is COc1ccc(CNc2ncnc3[nH]cc(B4OC(C)(C)C(C)(C)O4)c23)c(OC)c1. The lowest BCUT2D eigenvalue weighted by Crippen LogP contribution is -2.41. The van der Waals surface area contributed by atoms with Crippen LogP contribution in [0.3, 0.4) is 0 Å². The number of aromatic amines is 1. The van der Waals surface area contributed by atoms with E-state index in [0.29, 0.717) is 12.4 Å². The van der Waals surface area contributed by atoms with Crippen molar-refractivity contribution in [2.24, 2.45) is 0 Å². The Labute approximate surface area is 176 Å². The molecular formula is C21H27BN4O4. The van der Waals surface area contributed by atoms with Crippen molar-refractivity contribution in [3.05, 3.63) is 36.3 Å². The molecule has 3 aromatic rings. The molecule has 1 saturated heterocycles. The highest BCUT2D eigenvalue weighted by Crippen LogP contribution is 2.37. The van der Waals surface area contributed by atoms with Crippen LogP contribution in [0.25, 0.3) is 11.0 Å². The second-order valence-electron chi connectivity index (χ2n) is 8.31. The summed E-state index contributed by atoms with van der Waals surface area (Å²) in [7, 11) is 2.77. The van der Waals surface area contributed by atoms with E-state index in [1.165, 1.54) is 6.33 Å². The minimum Gasteiger partial charge on any atom is -0.497 e. The van der Waals surface area contributed by atoms with Gasteiger partial charge >= 0.3 is 7.12 Å². The second kappa shape index (κ2) is 7.48. The first-order valence-corrected chi connectivity index (χ1v) is 9.88. The lowest BCUT2D eigenvalue weighted by Gasteiger charge is -2.32. The lowest BCUT2D eigenvalue weighted by molar-refractivity contribution is 0.00578. The van der Waals surface area contributed by atoms with Crippen LogP contribution in [0.15, 0.2) is 30.7 Å². The van der Waals surface area contributed by atoms with Crippen LogP contribution in [-0.2, 0) is 15.9 Å². The van der Waals surface area contributed by atoms with E-state index in [1.807, 2.05) is 52.1 Å². The molecule has 0 bridgehead atoms. The first kappa shape index (κ1) is 20.5. The zero-order valence-corrected chi connectivity index (χ0v) is 18.2. The quantitative estimate of drug-likeness (QED) is 0.604. The predicted molar refractivity (Wildman–Crippen MR) is 116 cm³/mol. The van der Waals surface area contributed by atoms with Crippen molar-refractivity contribution in [1.29, 1.82) is 0 Å². The summed E-state index contributed by atoms with van der Waals surface area (Å²) >= 11 is 0. The van der Waals surface area contributed by atoms with Gasteiger partial charge < -0.3 is 29.1 Å². The molecule has 8 nitrogen and oxygen atoms in total. The number of H-pyrrole nitrogens is 1. The van der Waals surface area contributed by atoms with Gasteiger partial charge in [0.15, 0.2) is 0 Å². The van der Waals surface area contributed by atoms with Crippen molar-refractivity contribution in [2.75, 3.05) is 19.5 Å². The summed E-state index contributed by atoms with van der Waals surface area (Å²) in [5.41, 5.74) is 1.71. The average Bonchev–Trinajstić information content (AvgIpc) is 3.24. The van der Waals surface area contributed by atoms with Gasteiger partial charge in [-0.15, -0.1) is 0 Å². The van der Waals surface area contributed by atoms with Crippen LogP contribution in [0.4, 0.5) is 5.82 Å². The van der Waals surface area contributed by atoms with E-state index < -0.39 is 18.3 Å². The Hall–Kier alpha value is -2.78. The van der Waals surface area contributed by atoms with Crippen LogP contribution < -0.4 is 20.3 Å². The Morgan fingerprint density at radius 1 is 1.07 bits per heavy atom. The molecule has 1 fully saturated rings. The summed E-state index contributed by atoms with van der Waals surface area (Å²) in [6, 6.07) is 5.73. The van der Waals surface area contributed by atoms with E-state index in [1.54, 1.807) is 14.2 Å². The standard InChI is InChI=1S/C21H27BN4O4/c1-20(2)21(3,4)30-22(29-20)15-11-24-19-17(15)18(25-12-26-19)23-10-13-7-8-14(27-5)9-16(13)28-6/h7-9,11-12H,10H2,1-6H3,(H2,23,24,25,26). The molecule has 1 aromatic carbocycles. The number of nitrogens with zero attached hydrogens (tertiary/aromatic N) is 2. The number of methoxy groups -OCH3 is 2. The van der Waals surface area contributed by atoms with Crippen molar-refractivity contribution in [3.8, 4) is 11.5 Å². The van der Waals surface area contributed by atoms with Gasteiger partial charge in [-0.1, -0.05) is 0 Å². The Morgan fingerprint density at radius 3 is 2.47 bits per heavy atom. The molecular weight excluding hydrogens is 383 g/mol. The van der Waals surface area contributed by atoms with Gasteiger partial charge in [0, 0.05) is 29.8 Å². The van der Waals surface area contributed by atoms with Crippen molar-refractivity contribution >= 4 is 29.4 Å². The summed E-state index contributed by atoms with van der Waals surface area (Å²) in [6.45, 7) is 8.66. The largest absolute Gasteiger partial charge is 0.497 e. The van der Waals surface area contributed by atoms with Crippen LogP contribution in [-0.4, -0.2) is 47.5 Å². The molecule has 3 heterocycles. The smallest absolute Gasteiger partial charge is 0.497 e. The lowest BCUT2D eigenvalue weighted by atomic mass is 9.79. The van der Waals surface area contributed by atoms with Gasteiger partial charge in [-0.25, -0.2) is 9.97 Å². The van der Waals surface area contributed by atoms with E-state index >= 15 is 0 Å². The fraction of sp³-hybridized carbons (Fsp3) is 0.429. The molecule has 1 aliphatic heterocycles. The third-order valence-corrected chi connectivity index (χ3v) is 5.95. The Morgan fingerprint density at radius 2 is 1.80 bits per heavy atom. The highest BCUT2D eigenvalue weighted by molar-refractivity contribution is 6.65.